The molecule has 1 N–H and O–H groups in total. The van der Waals surface area contributed by atoms with Crippen LogP contribution in [-0.2, 0) is 6.54 Å². The van der Waals surface area contributed by atoms with Crippen LogP contribution in [0.2, 0.25) is 0 Å². The van der Waals surface area contributed by atoms with Gasteiger partial charge < -0.3 is 15.0 Å². The molecule has 0 spiro atoms. The van der Waals surface area contributed by atoms with Gasteiger partial charge in [-0.1, -0.05) is 36.4 Å². The van der Waals surface area contributed by atoms with Crippen LogP contribution in [-0.4, -0.2) is 35.9 Å². The SMILES string of the molecule is COc1cccc(NC(=O)c2ccnc(C(=O)N(C)Cc3ccccc3)c2)c1. The van der Waals surface area contributed by atoms with Crippen LogP contribution < -0.4 is 10.1 Å². The molecule has 0 saturated carbocycles. The molecule has 0 fully saturated rings. The fraction of sp³-hybridized carbons (Fsp3) is 0.136. The molecular formula is C22H21N3O3. The van der Waals surface area contributed by atoms with Crippen molar-refractivity contribution in [3.8, 4) is 5.75 Å². The monoisotopic (exact) mass is 375 g/mol. The number of rotatable bonds is 6. The second kappa shape index (κ2) is 8.81. The van der Waals surface area contributed by atoms with Crippen LogP contribution in [0.4, 0.5) is 5.69 Å². The Kier molecular flexibility index (Phi) is 6.01. The van der Waals surface area contributed by atoms with Crippen molar-refractivity contribution >= 4 is 17.5 Å². The van der Waals surface area contributed by atoms with Gasteiger partial charge in [0.25, 0.3) is 11.8 Å². The molecule has 6 heteroatoms. The van der Waals surface area contributed by atoms with Gasteiger partial charge in [0, 0.05) is 37.1 Å². The first kappa shape index (κ1) is 19.1. The average Bonchev–Trinajstić information content (AvgIpc) is 2.74. The fourth-order valence-corrected chi connectivity index (χ4v) is 2.72. The maximum absolute atomic E-state index is 12.7. The highest BCUT2D eigenvalue weighted by atomic mass is 16.5. The summed E-state index contributed by atoms with van der Waals surface area (Å²) in [7, 11) is 3.27. The molecule has 0 atom stereocenters. The van der Waals surface area contributed by atoms with Crippen LogP contribution in [0.3, 0.4) is 0 Å². The molecule has 0 aliphatic heterocycles. The summed E-state index contributed by atoms with van der Waals surface area (Å²) in [6.45, 7) is 0.460. The molecule has 0 saturated heterocycles. The lowest BCUT2D eigenvalue weighted by Gasteiger charge is -2.17. The molecule has 6 nitrogen and oxygen atoms in total. The summed E-state index contributed by atoms with van der Waals surface area (Å²) >= 11 is 0. The third kappa shape index (κ3) is 4.73. The Balaban J connectivity index is 1.72. The molecule has 1 heterocycles. The molecule has 0 aliphatic carbocycles. The Labute approximate surface area is 163 Å². The molecule has 1 aromatic heterocycles. The molecule has 0 bridgehead atoms. The van der Waals surface area contributed by atoms with Crippen molar-refractivity contribution in [3.63, 3.8) is 0 Å². The summed E-state index contributed by atoms with van der Waals surface area (Å²) in [5.41, 5.74) is 2.20. The number of anilines is 1. The van der Waals surface area contributed by atoms with Crippen molar-refractivity contribution in [1.29, 1.82) is 0 Å². The Bertz CT molecular complexity index is 974. The summed E-state index contributed by atoms with van der Waals surface area (Å²) in [5, 5.41) is 2.80. The third-order valence-corrected chi connectivity index (χ3v) is 4.18. The van der Waals surface area contributed by atoms with E-state index < -0.39 is 0 Å². The lowest BCUT2D eigenvalue weighted by atomic mass is 10.1. The van der Waals surface area contributed by atoms with Gasteiger partial charge in [0.05, 0.1) is 7.11 Å². The van der Waals surface area contributed by atoms with Gasteiger partial charge in [-0.15, -0.1) is 0 Å². The van der Waals surface area contributed by atoms with Crippen LogP contribution in [0.1, 0.15) is 26.4 Å². The minimum atomic E-state index is -0.324. The van der Waals surface area contributed by atoms with E-state index in [9.17, 15) is 9.59 Å². The van der Waals surface area contributed by atoms with Gasteiger partial charge in [-0.05, 0) is 29.8 Å². The summed E-state index contributed by atoms with van der Waals surface area (Å²) in [5.74, 6) is 0.0706. The molecule has 2 amide bonds. The summed E-state index contributed by atoms with van der Waals surface area (Å²) in [4.78, 5) is 30.9. The van der Waals surface area contributed by atoms with Crippen molar-refractivity contribution in [1.82, 2.24) is 9.88 Å². The first-order valence-corrected chi connectivity index (χ1v) is 8.77. The lowest BCUT2D eigenvalue weighted by Crippen LogP contribution is -2.27. The van der Waals surface area contributed by atoms with E-state index in [1.807, 2.05) is 30.3 Å². The number of ether oxygens (including phenoxy) is 1. The largest absolute Gasteiger partial charge is 0.497 e. The van der Waals surface area contributed by atoms with Crippen LogP contribution >= 0.6 is 0 Å². The maximum Gasteiger partial charge on any atom is 0.272 e. The molecule has 28 heavy (non-hydrogen) atoms. The van der Waals surface area contributed by atoms with Crippen molar-refractivity contribution in [2.45, 2.75) is 6.54 Å². The van der Waals surface area contributed by atoms with Crippen LogP contribution in [0.25, 0.3) is 0 Å². The first-order chi connectivity index (χ1) is 13.6. The van der Waals surface area contributed by atoms with Gasteiger partial charge in [-0.25, -0.2) is 0 Å². The number of benzene rings is 2. The number of pyridine rings is 1. The zero-order valence-electron chi connectivity index (χ0n) is 15.8. The second-order valence-corrected chi connectivity index (χ2v) is 6.26. The van der Waals surface area contributed by atoms with Gasteiger partial charge in [0.15, 0.2) is 0 Å². The normalized spacial score (nSPS) is 10.2. The minimum absolute atomic E-state index is 0.219. The number of hydrogen-bond acceptors (Lipinski definition) is 4. The number of nitrogens with one attached hydrogen (secondary N) is 1. The molecule has 0 aliphatic rings. The average molecular weight is 375 g/mol. The topological polar surface area (TPSA) is 71.5 Å². The Hall–Kier alpha value is -3.67. The summed E-state index contributed by atoms with van der Waals surface area (Å²) in [6, 6.07) is 19.8. The first-order valence-electron chi connectivity index (χ1n) is 8.77. The molecular weight excluding hydrogens is 354 g/mol. The minimum Gasteiger partial charge on any atom is -0.497 e. The third-order valence-electron chi connectivity index (χ3n) is 4.18. The molecule has 2 aromatic carbocycles. The molecule has 3 rings (SSSR count). The van der Waals surface area contributed by atoms with E-state index in [2.05, 4.69) is 10.3 Å². The van der Waals surface area contributed by atoms with E-state index in [1.165, 1.54) is 12.3 Å². The van der Waals surface area contributed by atoms with E-state index in [-0.39, 0.29) is 17.5 Å². The Morgan fingerprint density at radius 1 is 1.04 bits per heavy atom. The molecule has 0 unspecified atom stereocenters. The Morgan fingerprint density at radius 3 is 2.57 bits per heavy atom. The van der Waals surface area contributed by atoms with E-state index in [4.69, 9.17) is 4.74 Å². The lowest BCUT2D eigenvalue weighted by molar-refractivity contribution is 0.0779. The van der Waals surface area contributed by atoms with Gasteiger partial charge in [-0.3, -0.25) is 14.6 Å². The van der Waals surface area contributed by atoms with E-state index in [1.54, 1.807) is 49.4 Å². The van der Waals surface area contributed by atoms with Crippen molar-refractivity contribution in [3.05, 3.63) is 89.7 Å². The predicted octanol–water partition coefficient (Wildman–Crippen LogP) is 3.61. The number of carbonyl (C=O) groups excluding carboxylic acids is 2. The van der Waals surface area contributed by atoms with Crippen LogP contribution in [0.5, 0.6) is 5.75 Å². The molecule has 142 valence electrons. The smallest absolute Gasteiger partial charge is 0.272 e. The number of amides is 2. The van der Waals surface area contributed by atoms with E-state index >= 15 is 0 Å². The highest BCUT2D eigenvalue weighted by Crippen LogP contribution is 2.18. The zero-order chi connectivity index (χ0) is 19.9. The Morgan fingerprint density at radius 2 is 1.82 bits per heavy atom. The molecule has 3 aromatic rings. The van der Waals surface area contributed by atoms with Gasteiger partial charge >= 0.3 is 0 Å². The highest BCUT2D eigenvalue weighted by Gasteiger charge is 2.16. The fourth-order valence-electron chi connectivity index (χ4n) is 2.72. The molecule has 0 radical (unpaired) electrons. The van der Waals surface area contributed by atoms with Crippen molar-refractivity contribution in [2.24, 2.45) is 0 Å². The van der Waals surface area contributed by atoms with E-state index in [0.717, 1.165) is 5.56 Å². The standard InChI is InChI=1S/C22H21N3O3/c1-25(15-16-7-4-3-5-8-16)22(27)20-13-17(11-12-23-20)21(26)24-18-9-6-10-19(14-18)28-2/h3-14H,15H2,1-2H3,(H,24,26). The number of nitrogens with zero attached hydrogens (tertiary/aromatic N) is 2. The number of carbonyl (C=O) groups is 2. The van der Waals surface area contributed by atoms with E-state index in [0.29, 0.717) is 23.5 Å². The van der Waals surface area contributed by atoms with Gasteiger partial charge in [0.1, 0.15) is 11.4 Å². The van der Waals surface area contributed by atoms with Crippen molar-refractivity contribution in [2.75, 3.05) is 19.5 Å². The number of methoxy groups -OCH3 is 1. The number of hydrogen-bond donors (Lipinski definition) is 1. The maximum atomic E-state index is 12.7. The highest BCUT2D eigenvalue weighted by molar-refractivity contribution is 6.05. The van der Waals surface area contributed by atoms with Crippen LogP contribution in [0.15, 0.2) is 72.9 Å². The van der Waals surface area contributed by atoms with Crippen molar-refractivity contribution < 1.29 is 14.3 Å². The summed E-state index contributed by atoms with van der Waals surface area (Å²) in [6.07, 6.45) is 1.46. The number of aromatic nitrogens is 1. The quantitative estimate of drug-likeness (QED) is 0.714. The second-order valence-electron chi connectivity index (χ2n) is 6.26. The zero-order valence-corrected chi connectivity index (χ0v) is 15.8. The van der Waals surface area contributed by atoms with Gasteiger partial charge in [-0.2, -0.15) is 0 Å². The van der Waals surface area contributed by atoms with Gasteiger partial charge in [0.2, 0.25) is 0 Å². The van der Waals surface area contributed by atoms with Crippen LogP contribution in [0, 0.1) is 0 Å². The predicted molar refractivity (Wildman–Crippen MR) is 107 cm³/mol. The summed E-state index contributed by atoms with van der Waals surface area (Å²) < 4.78 is 5.16.